The summed E-state index contributed by atoms with van der Waals surface area (Å²) in [6.07, 6.45) is 2.08. The standard InChI is InChI=1S/C17H20N4O2S/c18-17(23)21-16-13(15(22)20-12-7-4-8-19-10-12)9-14(24-16)11-5-2-1-3-6-11/h1-3,5-6,9,12,19H,4,7-8,10H2,(H,20,22)(H3,18,21,23)/p+1/t12-/m0/s1. The van der Waals surface area contributed by atoms with Gasteiger partial charge in [-0.05, 0) is 24.5 Å². The quantitative estimate of drug-likeness (QED) is 0.672. The fraction of sp³-hybridized carbons (Fsp3) is 0.294. The highest BCUT2D eigenvalue weighted by molar-refractivity contribution is 7.20. The van der Waals surface area contributed by atoms with E-state index in [0.717, 1.165) is 36.4 Å². The summed E-state index contributed by atoms with van der Waals surface area (Å²) in [7, 11) is 0. The van der Waals surface area contributed by atoms with Gasteiger partial charge < -0.3 is 16.4 Å². The van der Waals surface area contributed by atoms with Crippen molar-refractivity contribution in [3.63, 3.8) is 0 Å². The van der Waals surface area contributed by atoms with Crippen molar-refractivity contribution in [1.29, 1.82) is 0 Å². The van der Waals surface area contributed by atoms with E-state index in [1.807, 2.05) is 36.4 Å². The molecule has 6 nitrogen and oxygen atoms in total. The molecule has 0 aliphatic carbocycles. The topological polar surface area (TPSA) is 101 Å². The van der Waals surface area contributed by atoms with Crippen LogP contribution in [-0.2, 0) is 0 Å². The third kappa shape index (κ3) is 3.93. The number of thiophene rings is 1. The van der Waals surface area contributed by atoms with Crippen LogP contribution in [0.3, 0.4) is 0 Å². The summed E-state index contributed by atoms with van der Waals surface area (Å²) in [5.41, 5.74) is 6.71. The number of carbonyl (C=O) groups excluding carboxylic acids is 2. The second kappa shape index (κ2) is 7.46. The number of rotatable bonds is 4. The summed E-state index contributed by atoms with van der Waals surface area (Å²) in [6.45, 7) is 2.00. The Balaban J connectivity index is 1.85. The van der Waals surface area contributed by atoms with Gasteiger partial charge in [0.15, 0.2) is 0 Å². The van der Waals surface area contributed by atoms with Crippen LogP contribution in [0.4, 0.5) is 9.80 Å². The van der Waals surface area contributed by atoms with Gasteiger partial charge in [0.2, 0.25) is 0 Å². The molecule has 0 saturated carbocycles. The normalized spacial score (nSPS) is 17.2. The number of nitrogens with one attached hydrogen (secondary N) is 2. The third-order valence-electron chi connectivity index (χ3n) is 4.02. The van der Waals surface area contributed by atoms with Gasteiger partial charge in [-0.25, -0.2) is 4.79 Å². The van der Waals surface area contributed by atoms with E-state index in [1.165, 1.54) is 11.3 Å². The highest BCUT2D eigenvalue weighted by Gasteiger charge is 2.23. The molecule has 2 aromatic rings. The molecule has 0 unspecified atom stereocenters. The maximum Gasteiger partial charge on any atom is 0.317 e. The fourth-order valence-corrected chi connectivity index (χ4v) is 3.91. The number of quaternary nitrogens is 1. The summed E-state index contributed by atoms with van der Waals surface area (Å²) in [4.78, 5) is 24.8. The van der Waals surface area contributed by atoms with Gasteiger partial charge in [0, 0.05) is 4.88 Å². The number of carbonyl (C=O) groups is 2. The van der Waals surface area contributed by atoms with Crippen LogP contribution in [0.2, 0.25) is 0 Å². The molecule has 3 rings (SSSR count). The number of hydrogen-bond acceptors (Lipinski definition) is 3. The highest BCUT2D eigenvalue weighted by atomic mass is 32.1. The number of hydrogen-bond donors (Lipinski definition) is 4. The molecular weight excluding hydrogens is 324 g/mol. The second-order valence-electron chi connectivity index (χ2n) is 5.83. The molecule has 1 aromatic carbocycles. The Hall–Kier alpha value is -2.38. The first-order valence-electron chi connectivity index (χ1n) is 8.01. The van der Waals surface area contributed by atoms with Gasteiger partial charge in [-0.2, -0.15) is 0 Å². The molecule has 1 aliphatic heterocycles. The van der Waals surface area contributed by atoms with Crippen LogP contribution in [0.25, 0.3) is 10.4 Å². The van der Waals surface area contributed by atoms with Crippen molar-refractivity contribution in [3.8, 4) is 10.4 Å². The minimum atomic E-state index is -0.670. The van der Waals surface area contributed by atoms with Gasteiger partial charge in [0.1, 0.15) is 5.00 Å². The van der Waals surface area contributed by atoms with Crippen molar-refractivity contribution in [2.75, 3.05) is 18.4 Å². The molecule has 24 heavy (non-hydrogen) atoms. The van der Waals surface area contributed by atoms with Gasteiger partial charge in [-0.1, -0.05) is 30.3 Å². The lowest BCUT2D eigenvalue weighted by Gasteiger charge is -2.21. The van der Waals surface area contributed by atoms with Crippen LogP contribution < -0.4 is 21.7 Å². The zero-order valence-electron chi connectivity index (χ0n) is 13.2. The first-order valence-corrected chi connectivity index (χ1v) is 8.83. The van der Waals surface area contributed by atoms with Crippen LogP contribution in [0.5, 0.6) is 0 Å². The molecular formula is C17H21N4O2S+. The Morgan fingerprint density at radius 3 is 2.71 bits per heavy atom. The molecule has 3 amide bonds. The number of nitrogens with two attached hydrogens (primary N) is 2. The van der Waals surface area contributed by atoms with Crippen molar-refractivity contribution in [3.05, 3.63) is 42.0 Å². The Morgan fingerprint density at radius 2 is 2.04 bits per heavy atom. The van der Waals surface area contributed by atoms with Gasteiger partial charge in [0.05, 0.1) is 24.7 Å². The van der Waals surface area contributed by atoms with Gasteiger partial charge >= 0.3 is 6.03 Å². The van der Waals surface area contributed by atoms with E-state index in [-0.39, 0.29) is 11.9 Å². The SMILES string of the molecule is NC(=O)Nc1sc(-c2ccccc2)cc1C(=O)N[C@H]1CCC[NH2+]C1. The lowest BCUT2D eigenvalue weighted by molar-refractivity contribution is -0.664. The van der Waals surface area contributed by atoms with E-state index in [2.05, 4.69) is 16.0 Å². The number of urea groups is 1. The third-order valence-corrected chi connectivity index (χ3v) is 5.12. The first-order chi connectivity index (χ1) is 11.6. The molecule has 7 heteroatoms. The number of primary amides is 1. The molecule has 1 saturated heterocycles. The smallest absolute Gasteiger partial charge is 0.317 e. The predicted octanol–water partition coefficient (Wildman–Crippen LogP) is 1.36. The van der Waals surface area contributed by atoms with Crippen LogP contribution in [-0.4, -0.2) is 31.1 Å². The minimum Gasteiger partial charge on any atom is -0.351 e. The first kappa shape index (κ1) is 16.5. The Labute approximate surface area is 144 Å². The van der Waals surface area contributed by atoms with E-state index in [4.69, 9.17) is 5.73 Å². The summed E-state index contributed by atoms with van der Waals surface area (Å²) in [6, 6.07) is 11.1. The summed E-state index contributed by atoms with van der Waals surface area (Å²) in [5, 5.41) is 8.32. The number of anilines is 1. The van der Waals surface area contributed by atoms with E-state index < -0.39 is 6.03 Å². The number of benzene rings is 1. The molecule has 2 heterocycles. The number of amides is 3. The van der Waals surface area contributed by atoms with Crippen molar-refractivity contribution in [1.82, 2.24) is 5.32 Å². The molecule has 1 aromatic heterocycles. The maximum atomic E-state index is 12.6. The predicted molar refractivity (Wildman–Crippen MR) is 95.1 cm³/mol. The van der Waals surface area contributed by atoms with Crippen LogP contribution >= 0.6 is 11.3 Å². The van der Waals surface area contributed by atoms with Gasteiger partial charge in [0.25, 0.3) is 5.91 Å². The molecule has 126 valence electrons. The zero-order chi connectivity index (χ0) is 16.9. The second-order valence-corrected chi connectivity index (χ2v) is 6.89. The van der Waals surface area contributed by atoms with E-state index in [9.17, 15) is 9.59 Å². The van der Waals surface area contributed by atoms with Crippen molar-refractivity contribution in [2.24, 2.45) is 5.73 Å². The summed E-state index contributed by atoms with van der Waals surface area (Å²) < 4.78 is 0. The zero-order valence-corrected chi connectivity index (χ0v) is 14.1. The van der Waals surface area contributed by atoms with E-state index >= 15 is 0 Å². The fourth-order valence-electron chi connectivity index (χ4n) is 2.85. The lowest BCUT2D eigenvalue weighted by atomic mass is 10.1. The van der Waals surface area contributed by atoms with Crippen LogP contribution in [0.15, 0.2) is 36.4 Å². The monoisotopic (exact) mass is 345 g/mol. The average Bonchev–Trinajstić information content (AvgIpc) is 3.00. The Bertz CT molecular complexity index is 723. The summed E-state index contributed by atoms with van der Waals surface area (Å²) >= 11 is 1.35. The van der Waals surface area contributed by atoms with Crippen LogP contribution in [0, 0.1) is 0 Å². The lowest BCUT2D eigenvalue weighted by Crippen LogP contribution is -2.89. The van der Waals surface area contributed by atoms with Crippen molar-refractivity contribution < 1.29 is 14.9 Å². The molecule has 6 N–H and O–H groups in total. The van der Waals surface area contributed by atoms with E-state index in [0.29, 0.717) is 10.6 Å². The van der Waals surface area contributed by atoms with Crippen molar-refractivity contribution >= 4 is 28.3 Å². The molecule has 0 spiro atoms. The van der Waals surface area contributed by atoms with Gasteiger partial charge in [-0.15, -0.1) is 11.3 Å². The summed E-state index contributed by atoms with van der Waals surface area (Å²) in [5.74, 6) is -0.169. The van der Waals surface area contributed by atoms with Crippen LogP contribution in [0.1, 0.15) is 23.2 Å². The molecule has 1 atom stereocenters. The number of piperidine rings is 1. The average molecular weight is 345 g/mol. The minimum absolute atomic E-state index is 0.160. The van der Waals surface area contributed by atoms with E-state index in [1.54, 1.807) is 0 Å². The Kier molecular flexibility index (Phi) is 5.12. The molecule has 1 fully saturated rings. The molecule has 0 bridgehead atoms. The highest BCUT2D eigenvalue weighted by Crippen LogP contribution is 2.35. The maximum absolute atomic E-state index is 12.6. The van der Waals surface area contributed by atoms with Gasteiger partial charge in [-0.3, -0.25) is 10.1 Å². The Morgan fingerprint density at radius 1 is 1.25 bits per heavy atom. The molecule has 0 radical (unpaired) electrons. The molecule has 1 aliphatic rings. The van der Waals surface area contributed by atoms with Crippen molar-refractivity contribution in [2.45, 2.75) is 18.9 Å². The largest absolute Gasteiger partial charge is 0.351 e.